The van der Waals surface area contributed by atoms with E-state index in [2.05, 4.69) is 0 Å². The van der Waals surface area contributed by atoms with Crippen LogP contribution in [0.3, 0.4) is 0 Å². The highest BCUT2D eigenvalue weighted by molar-refractivity contribution is 7.98. The van der Waals surface area contributed by atoms with Crippen LogP contribution >= 0.6 is 11.8 Å². The lowest BCUT2D eigenvalue weighted by molar-refractivity contribution is -0.137. The van der Waals surface area contributed by atoms with Crippen molar-refractivity contribution < 1.29 is 9.90 Å². The average Bonchev–Trinajstić information content (AvgIpc) is 2.26. The maximum atomic E-state index is 10.5. The lowest BCUT2D eigenvalue weighted by Gasteiger charge is -2.14. The molecular formula is C12H17NO2S. The maximum absolute atomic E-state index is 10.5. The molecule has 0 spiro atoms. The zero-order chi connectivity index (χ0) is 12.1. The van der Waals surface area contributed by atoms with Crippen LogP contribution in [0.15, 0.2) is 23.1 Å². The van der Waals surface area contributed by atoms with Crippen molar-refractivity contribution in [2.24, 2.45) is 5.73 Å². The zero-order valence-corrected chi connectivity index (χ0v) is 10.4. The van der Waals surface area contributed by atoms with Gasteiger partial charge in [0.2, 0.25) is 0 Å². The molecule has 0 saturated carbocycles. The van der Waals surface area contributed by atoms with Gasteiger partial charge in [0.05, 0.1) is 0 Å². The average molecular weight is 239 g/mol. The molecule has 88 valence electrons. The molecule has 4 heteroatoms. The van der Waals surface area contributed by atoms with Crippen LogP contribution in [0.5, 0.6) is 0 Å². The fourth-order valence-corrected chi connectivity index (χ4v) is 2.03. The lowest BCUT2D eigenvalue weighted by atomic mass is 9.98. The zero-order valence-electron chi connectivity index (χ0n) is 9.56. The third-order valence-electron chi connectivity index (χ3n) is 2.56. The molecule has 0 aromatic heterocycles. The molecule has 1 unspecified atom stereocenters. The van der Waals surface area contributed by atoms with E-state index in [1.807, 2.05) is 31.4 Å². The van der Waals surface area contributed by atoms with Crippen molar-refractivity contribution in [2.75, 3.05) is 6.26 Å². The number of nitrogens with two attached hydrogens (primary N) is 1. The number of carbonyl (C=O) groups is 1. The van der Waals surface area contributed by atoms with Gasteiger partial charge in [-0.2, -0.15) is 0 Å². The third kappa shape index (κ3) is 3.54. The highest BCUT2D eigenvalue weighted by Crippen LogP contribution is 2.25. The van der Waals surface area contributed by atoms with Crippen molar-refractivity contribution in [2.45, 2.75) is 30.7 Å². The summed E-state index contributed by atoms with van der Waals surface area (Å²) in [5.74, 6) is -0.797. The Labute approximate surface area is 100 Å². The van der Waals surface area contributed by atoms with Crippen LogP contribution in [0.2, 0.25) is 0 Å². The fraction of sp³-hybridized carbons (Fsp3) is 0.417. The first-order chi connectivity index (χ1) is 7.54. The van der Waals surface area contributed by atoms with Crippen molar-refractivity contribution in [1.82, 2.24) is 0 Å². The summed E-state index contributed by atoms with van der Waals surface area (Å²) >= 11 is 1.66. The van der Waals surface area contributed by atoms with Crippen LogP contribution in [0.25, 0.3) is 0 Å². The minimum absolute atomic E-state index is 0.115. The highest BCUT2D eigenvalue weighted by atomic mass is 32.2. The molecule has 1 aromatic rings. The van der Waals surface area contributed by atoms with Gasteiger partial charge in [-0.15, -0.1) is 11.8 Å². The lowest BCUT2D eigenvalue weighted by Crippen LogP contribution is -2.13. The van der Waals surface area contributed by atoms with Gasteiger partial charge in [0.25, 0.3) is 0 Å². The van der Waals surface area contributed by atoms with Gasteiger partial charge in [-0.1, -0.05) is 6.07 Å². The van der Waals surface area contributed by atoms with Crippen LogP contribution in [0, 0.1) is 6.92 Å². The number of benzene rings is 1. The van der Waals surface area contributed by atoms with E-state index in [-0.39, 0.29) is 12.5 Å². The second-order valence-corrected chi connectivity index (χ2v) is 4.64. The second kappa shape index (κ2) is 5.92. The molecule has 0 saturated heterocycles. The molecule has 0 fully saturated rings. The molecule has 0 aliphatic rings. The Hall–Kier alpha value is -1.00. The SMILES string of the molecule is CSc1ccc(C)c(C(N)CCC(=O)O)c1. The summed E-state index contributed by atoms with van der Waals surface area (Å²) < 4.78 is 0. The van der Waals surface area contributed by atoms with Crippen molar-refractivity contribution in [1.29, 1.82) is 0 Å². The van der Waals surface area contributed by atoms with Crippen LogP contribution in [0.4, 0.5) is 0 Å². The van der Waals surface area contributed by atoms with Crippen LogP contribution in [0.1, 0.15) is 30.0 Å². The number of hydrogen-bond donors (Lipinski definition) is 2. The number of carboxylic acids is 1. The van der Waals surface area contributed by atoms with Gasteiger partial charge in [0, 0.05) is 17.4 Å². The van der Waals surface area contributed by atoms with Crippen molar-refractivity contribution in [3.8, 4) is 0 Å². The first-order valence-corrected chi connectivity index (χ1v) is 6.39. The predicted octanol–water partition coefficient (Wildman–Crippen LogP) is 2.58. The maximum Gasteiger partial charge on any atom is 0.303 e. The van der Waals surface area contributed by atoms with Gasteiger partial charge in [-0.25, -0.2) is 0 Å². The molecular weight excluding hydrogens is 222 g/mol. The number of hydrogen-bond acceptors (Lipinski definition) is 3. The molecule has 0 heterocycles. The number of rotatable bonds is 5. The highest BCUT2D eigenvalue weighted by Gasteiger charge is 2.11. The Morgan fingerprint density at radius 3 is 2.81 bits per heavy atom. The predicted molar refractivity (Wildman–Crippen MR) is 66.8 cm³/mol. The van der Waals surface area contributed by atoms with Crippen LogP contribution in [-0.2, 0) is 4.79 Å². The molecule has 3 N–H and O–H groups in total. The smallest absolute Gasteiger partial charge is 0.303 e. The number of carboxylic acid groups (broad SMARTS) is 1. The van der Waals surface area contributed by atoms with E-state index in [0.717, 1.165) is 16.0 Å². The molecule has 0 bridgehead atoms. The summed E-state index contributed by atoms with van der Waals surface area (Å²) in [6.07, 6.45) is 2.61. The Bertz CT molecular complexity index is 379. The van der Waals surface area contributed by atoms with Gasteiger partial charge in [0.15, 0.2) is 0 Å². The normalized spacial score (nSPS) is 12.4. The molecule has 0 amide bonds. The topological polar surface area (TPSA) is 63.3 Å². The molecule has 16 heavy (non-hydrogen) atoms. The Morgan fingerprint density at radius 2 is 2.25 bits per heavy atom. The number of thioether (sulfide) groups is 1. The largest absolute Gasteiger partial charge is 0.481 e. The van der Waals surface area contributed by atoms with Crippen molar-refractivity contribution in [3.05, 3.63) is 29.3 Å². The summed E-state index contributed by atoms with van der Waals surface area (Å²) in [5, 5.41) is 8.62. The summed E-state index contributed by atoms with van der Waals surface area (Å²) in [5.41, 5.74) is 8.17. The Kier molecular flexibility index (Phi) is 4.83. The molecule has 1 atom stereocenters. The minimum Gasteiger partial charge on any atom is -0.481 e. The van der Waals surface area contributed by atoms with E-state index in [0.29, 0.717) is 6.42 Å². The standard InChI is InChI=1S/C12H17NO2S/c1-8-3-4-9(16-2)7-10(8)11(13)5-6-12(14)15/h3-4,7,11H,5-6,13H2,1-2H3,(H,14,15). The summed E-state index contributed by atoms with van der Waals surface area (Å²) in [6, 6.07) is 5.94. The van der Waals surface area contributed by atoms with Crippen molar-refractivity contribution in [3.63, 3.8) is 0 Å². The van der Waals surface area contributed by atoms with Crippen LogP contribution < -0.4 is 5.73 Å². The van der Waals surface area contributed by atoms with Gasteiger partial charge < -0.3 is 10.8 Å². The van der Waals surface area contributed by atoms with E-state index in [1.165, 1.54) is 0 Å². The van der Waals surface area contributed by atoms with E-state index in [1.54, 1.807) is 11.8 Å². The summed E-state index contributed by atoms with van der Waals surface area (Å²) in [4.78, 5) is 11.6. The second-order valence-electron chi connectivity index (χ2n) is 3.76. The molecule has 3 nitrogen and oxygen atoms in total. The van der Waals surface area contributed by atoms with Gasteiger partial charge >= 0.3 is 5.97 Å². The first-order valence-electron chi connectivity index (χ1n) is 5.16. The van der Waals surface area contributed by atoms with Gasteiger partial charge in [-0.3, -0.25) is 4.79 Å². The summed E-state index contributed by atoms with van der Waals surface area (Å²) in [6.45, 7) is 2.00. The van der Waals surface area contributed by atoms with E-state index in [4.69, 9.17) is 10.8 Å². The van der Waals surface area contributed by atoms with E-state index < -0.39 is 5.97 Å². The van der Waals surface area contributed by atoms with E-state index in [9.17, 15) is 4.79 Å². The van der Waals surface area contributed by atoms with Gasteiger partial charge in [-0.05, 0) is 42.9 Å². The molecule has 0 radical (unpaired) electrons. The number of aliphatic carboxylic acids is 1. The molecule has 0 aliphatic heterocycles. The van der Waals surface area contributed by atoms with E-state index >= 15 is 0 Å². The first kappa shape index (κ1) is 13.1. The summed E-state index contributed by atoms with van der Waals surface area (Å²) in [7, 11) is 0. The third-order valence-corrected chi connectivity index (χ3v) is 3.28. The van der Waals surface area contributed by atoms with Crippen molar-refractivity contribution >= 4 is 17.7 Å². The molecule has 0 aliphatic carbocycles. The van der Waals surface area contributed by atoms with Gasteiger partial charge in [0.1, 0.15) is 0 Å². The monoisotopic (exact) mass is 239 g/mol. The quantitative estimate of drug-likeness (QED) is 0.775. The minimum atomic E-state index is -0.797. The Morgan fingerprint density at radius 1 is 1.56 bits per heavy atom. The van der Waals surface area contributed by atoms with Crippen LogP contribution in [-0.4, -0.2) is 17.3 Å². The Balaban J connectivity index is 2.80. The number of aryl methyl sites for hydroxylation is 1. The molecule has 1 rings (SSSR count). The molecule has 1 aromatic carbocycles. The fourth-order valence-electron chi connectivity index (χ4n) is 1.58.